The number of ether oxygens (including phenoxy) is 1. The molecule has 0 unspecified atom stereocenters. The second kappa shape index (κ2) is 9.22. The van der Waals surface area contributed by atoms with Crippen molar-refractivity contribution < 1.29 is 9.53 Å². The smallest absolute Gasteiger partial charge is 0.246 e. The van der Waals surface area contributed by atoms with Crippen molar-refractivity contribution in [3.63, 3.8) is 0 Å². The maximum Gasteiger partial charge on any atom is 0.246 e. The summed E-state index contributed by atoms with van der Waals surface area (Å²) < 4.78 is 7.30. The van der Waals surface area contributed by atoms with Crippen LogP contribution < -0.4 is 15.8 Å². The summed E-state index contributed by atoms with van der Waals surface area (Å²) in [6.45, 7) is 3.93. The van der Waals surface area contributed by atoms with Crippen LogP contribution in [-0.2, 0) is 11.3 Å². The van der Waals surface area contributed by atoms with Crippen molar-refractivity contribution in [3.8, 4) is 22.9 Å². The normalized spacial score (nSPS) is 10.9. The zero-order valence-electron chi connectivity index (χ0n) is 19.3. The molecule has 9 nitrogen and oxygen atoms in total. The molecule has 0 aliphatic carbocycles. The number of rotatable bonds is 6. The van der Waals surface area contributed by atoms with E-state index in [0.29, 0.717) is 33.9 Å². The molecule has 0 fully saturated rings. The zero-order chi connectivity index (χ0) is 24.4. The van der Waals surface area contributed by atoms with Crippen LogP contribution >= 0.6 is 0 Å². The number of pyridine rings is 1. The van der Waals surface area contributed by atoms with Gasteiger partial charge in [-0.3, -0.25) is 4.79 Å². The third-order valence-electron chi connectivity index (χ3n) is 5.33. The van der Waals surface area contributed by atoms with E-state index >= 15 is 0 Å². The Kier molecular flexibility index (Phi) is 5.80. The number of aryl methyl sites for hydroxylation is 2. The monoisotopic (exact) mass is 465 g/mol. The Morgan fingerprint density at radius 1 is 1.00 bits per heavy atom. The predicted octanol–water partition coefficient (Wildman–Crippen LogP) is 4.52. The maximum absolute atomic E-state index is 12.8. The highest BCUT2D eigenvalue weighted by Crippen LogP contribution is 2.31. The summed E-state index contributed by atoms with van der Waals surface area (Å²) in [5, 5.41) is 8.13. The van der Waals surface area contributed by atoms with Crippen molar-refractivity contribution in [3.05, 3.63) is 84.3 Å². The van der Waals surface area contributed by atoms with Crippen LogP contribution in [0.15, 0.2) is 73.2 Å². The SMILES string of the molecule is Cc1cc(C)cc(NC(=O)Cn2nc(-c3ccc(Oc4ccccc4)nc3)c3c(N)ncnc32)c1. The maximum atomic E-state index is 12.8. The van der Waals surface area contributed by atoms with E-state index < -0.39 is 0 Å². The quantitative estimate of drug-likeness (QED) is 0.378. The van der Waals surface area contributed by atoms with Gasteiger partial charge in [0.15, 0.2) is 5.65 Å². The Bertz CT molecular complexity index is 1490. The molecular weight excluding hydrogens is 442 g/mol. The summed E-state index contributed by atoms with van der Waals surface area (Å²) in [4.78, 5) is 25.7. The van der Waals surface area contributed by atoms with E-state index in [4.69, 9.17) is 10.5 Å². The van der Waals surface area contributed by atoms with Crippen molar-refractivity contribution in [2.24, 2.45) is 0 Å². The first-order valence-electron chi connectivity index (χ1n) is 11.0. The number of aromatic nitrogens is 5. The Morgan fingerprint density at radius 3 is 2.49 bits per heavy atom. The van der Waals surface area contributed by atoms with Gasteiger partial charge in [-0.25, -0.2) is 19.6 Å². The van der Waals surface area contributed by atoms with Crippen molar-refractivity contribution in [1.82, 2.24) is 24.7 Å². The van der Waals surface area contributed by atoms with Gasteiger partial charge in [-0.15, -0.1) is 0 Å². The Hall–Kier alpha value is -4.79. The standard InChI is InChI=1S/C26H23N7O2/c1-16-10-17(2)12-19(11-16)31-21(34)14-33-26-23(25(27)29-15-30-26)24(32-33)18-8-9-22(28-13-18)35-20-6-4-3-5-7-20/h3-13,15H,14H2,1-2H3,(H,31,34)(H2,27,29,30). The fourth-order valence-electron chi connectivity index (χ4n) is 3.92. The van der Waals surface area contributed by atoms with Gasteiger partial charge in [0.2, 0.25) is 11.8 Å². The molecule has 5 rings (SSSR count). The van der Waals surface area contributed by atoms with Gasteiger partial charge in [0.25, 0.3) is 0 Å². The van der Waals surface area contributed by atoms with E-state index in [-0.39, 0.29) is 18.3 Å². The van der Waals surface area contributed by atoms with Crippen molar-refractivity contribution >= 4 is 28.4 Å². The van der Waals surface area contributed by atoms with Crippen LogP contribution in [0, 0.1) is 13.8 Å². The van der Waals surface area contributed by atoms with E-state index in [2.05, 4.69) is 25.4 Å². The lowest BCUT2D eigenvalue weighted by Crippen LogP contribution is -2.20. The highest BCUT2D eigenvalue weighted by atomic mass is 16.5. The first kappa shape index (κ1) is 22.0. The zero-order valence-corrected chi connectivity index (χ0v) is 19.3. The molecule has 3 aromatic heterocycles. The topological polar surface area (TPSA) is 121 Å². The highest BCUT2D eigenvalue weighted by Gasteiger charge is 2.19. The number of carbonyl (C=O) groups is 1. The van der Waals surface area contributed by atoms with Crippen molar-refractivity contribution in [2.75, 3.05) is 11.1 Å². The summed E-state index contributed by atoms with van der Waals surface area (Å²) in [6, 6.07) is 18.9. The number of para-hydroxylation sites is 1. The lowest BCUT2D eigenvalue weighted by Gasteiger charge is -2.08. The number of nitrogens with one attached hydrogen (secondary N) is 1. The summed E-state index contributed by atoms with van der Waals surface area (Å²) >= 11 is 0. The molecule has 0 saturated carbocycles. The molecule has 0 aliphatic heterocycles. The number of hydrogen-bond donors (Lipinski definition) is 2. The van der Waals surface area contributed by atoms with Gasteiger partial charge in [0.05, 0.1) is 5.39 Å². The molecule has 35 heavy (non-hydrogen) atoms. The molecule has 0 aliphatic rings. The number of nitrogens with two attached hydrogens (primary N) is 1. The summed E-state index contributed by atoms with van der Waals surface area (Å²) in [5.74, 6) is 1.18. The fourth-order valence-corrected chi connectivity index (χ4v) is 3.92. The molecule has 0 radical (unpaired) electrons. The molecule has 0 bridgehead atoms. The molecule has 0 atom stereocenters. The van der Waals surface area contributed by atoms with E-state index in [1.54, 1.807) is 12.3 Å². The third kappa shape index (κ3) is 4.79. The Balaban J connectivity index is 1.43. The average Bonchev–Trinajstić information content (AvgIpc) is 3.19. The predicted molar refractivity (Wildman–Crippen MR) is 134 cm³/mol. The third-order valence-corrected chi connectivity index (χ3v) is 5.33. The minimum atomic E-state index is -0.229. The van der Waals surface area contributed by atoms with Crippen LogP contribution in [0.3, 0.4) is 0 Å². The lowest BCUT2D eigenvalue weighted by molar-refractivity contribution is -0.116. The van der Waals surface area contributed by atoms with Gasteiger partial charge < -0.3 is 15.8 Å². The molecule has 0 spiro atoms. The van der Waals surface area contributed by atoms with Crippen LogP contribution in [0.25, 0.3) is 22.3 Å². The van der Waals surface area contributed by atoms with Gasteiger partial charge in [0, 0.05) is 23.5 Å². The lowest BCUT2D eigenvalue weighted by atomic mass is 10.1. The molecule has 9 heteroatoms. The minimum absolute atomic E-state index is 0.0391. The van der Waals surface area contributed by atoms with Crippen molar-refractivity contribution in [2.45, 2.75) is 20.4 Å². The summed E-state index contributed by atoms with van der Waals surface area (Å²) in [7, 11) is 0. The molecule has 2 aromatic carbocycles. The van der Waals surface area contributed by atoms with E-state index in [1.165, 1.54) is 11.0 Å². The van der Waals surface area contributed by atoms with E-state index in [9.17, 15) is 4.79 Å². The van der Waals surface area contributed by atoms with Gasteiger partial charge in [-0.2, -0.15) is 5.10 Å². The van der Waals surface area contributed by atoms with Crippen LogP contribution in [0.4, 0.5) is 11.5 Å². The molecule has 1 amide bonds. The molecular formula is C26H23N7O2. The van der Waals surface area contributed by atoms with Gasteiger partial charge in [-0.05, 0) is 55.3 Å². The van der Waals surface area contributed by atoms with Gasteiger partial charge >= 0.3 is 0 Å². The second-order valence-electron chi connectivity index (χ2n) is 8.19. The number of benzene rings is 2. The van der Waals surface area contributed by atoms with Crippen LogP contribution in [0.2, 0.25) is 0 Å². The largest absolute Gasteiger partial charge is 0.439 e. The number of amides is 1. The average molecular weight is 466 g/mol. The first-order valence-corrected chi connectivity index (χ1v) is 11.0. The van der Waals surface area contributed by atoms with Crippen molar-refractivity contribution in [1.29, 1.82) is 0 Å². The van der Waals surface area contributed by atoms with Crippen LogP contribution in [-0.4, -0.2) is 30.6 Å². The summed E-state index contributed by atoms with van der Waals surface area (Å²) in [5.41, 5.74) is 10.8. The van der Waals surface area contributed by atoms with Crippen LogP contribution in [0.1, 0.15) is 11.1 Å². The Morgan fingerprint density at radius 2 is 1.77 bits per heavy atom. The number of carbonyl (C=O) groups excluding carboxylic acids is 1. The van der Waals surface area contributed by atoms with Gasteiger partial charge in [0.1, 0.15) is 30.1 Å². The number of nitrogens with zero attached hydrogens (tertiary/aromatic N) is 5. The molecule has 3 N–H and O–H groups in total. The van der Waals surface area contributed by atoms with Crippen LogP contribution in [0.5, 0.6) is 11.6 Å². The molecule has 5 aromatic rings. The minimum Gasteiger partial charge on any atom is -0.439 e. The molecule has 174 valence electrons. The van der Waals surface area contributed by atoms with E-state index in [1.807, 2.05) is 68.4 Å². The number of hydrogen-bond acceptors (Lipinski definition) is 7. The number of anilines is 2. The molecule has 0 saturated heterocycles. The summed E-state index contributed by atoms with van der Waals surface area (Å²) in [6.07, 6.45) is 3.00. The number of nitrogen functional groups attached to an aromatic ring is 1. The fraction of sp³-hybridized carbons (Fsp3) is 0.115. The first-order chi connectivity index (χ1) is 17.0. The Labute approximate surface area is 201 Å². The second-order valence-corrected chi connectivity index (χ2v) is 8.19. The van der Waals surface area contributed by atoms with Gasteiger partial charge in [-0.1, -0.05) is 24.3 Å². The highest BCUT2D eigenvalue weighted by molar-refractivity contribution is 5.99. The molecule has 3 heterocycles. The van der Waals surface area contributed by atoms with E-state index in [0.717, 1.165) is 16.8 Å². The number of fused-ring (bicyclic) bond motifs is 1.